The van der Waals surface area contributed by atoms with E-state index in [0.29, 0.717) is 12.0 Å². The number of hydrogen-bond acceptors (Lipinski definition) is 2. The first kappa shape index (κ1) is 10.7. The first-order chi connectivity index (χ1) is 7.31. The minimum absolute atomic E-state index is 0.320. The molecule has 1 aromatic rings. The third-order valence-electron chi connectivity index (χ3n) is 3.20. The summed E-state index contributed by atoms with van der Waals surface area (Å²) in [7, 11) is 1.81. The highest BCUT2D eigenvalue weighted by Gasteiger charge is 2.25. The van der Waals surface area contributed by atoms with Crippen molar-refractivity contribution >= 4 is 0 Å². The molecule has 2 atom stereocenters. The van der Waals surface area contributed by atoms with Crippen molar-refractivity contribution in [3.05, 3.63) is 35.4 Å². The van der Waals surface area contributed by atoms with Gasteiger partial charge in [-0.3, -0.25) is 0 Å². The van der Waals surface area contributed by atoms with E-state index in [2.05, 4.69) is 36.5 Å². The number of nitrogens with one attached hydrogen (secondary N) is 1. The molecule has 1 heterocycles. The minimum atomic E-state index is 0.320. The van der Waals surface area contributed by atoms with Crippen LogP contribution in [-0.4, -0.2) is 26.3 Å². The zero-order valence-corrected chi connectivity index (χ0v) is 9.49. The van der Waals surface area contributed by atoms with Crippen molar-refractivity contribution in [2.45, 2.75) is 25.4 Å². The quantitative estimate of drug-likeness (QED) is 0.798. The smallest absolute Gasteiger partial charge is 0.0764 e. The Kier molecular flexibility index (Phi) is 3.39. The molecule has 2 rings (SSSR count). The Morgan fingerprint density at radius 3 is 3.00 bits per heavy atom. The molecule has 0 bridgehead atoms. The van der Waals surface area contributed by atoms with Crippen LogP contribution in [0, 0.1) is 6.92 Å². The zero-order chi connectivity index (χ0) is 10.7. The number of benzene rings is 1. The number of piperidine rings is 1. The number of methoxy groups -OCH3 is 1. The number of hydrogen-bond donors (Lipinski definition) is 1. The molecule has 2 nitrogen and oxygen atoms in total. The molecular weight excluding hydrogens is 186 g/mol. The maximum Gasteiger partial charge on any atom is 0.0764 e. The molecule has 82 valence electrons. The molecule has 0 aromatic heterocycles. The van der Waals surface area contributed by atoms with Crippen LogP contribution < -0.4 is 5.32 Å². The van der Waals surface area contributed by atoms with Gasteiger partial charge < -0.3 is 10.1 Å². The van der Waals surface area contributed by atoms with Gasteiger partial charge in [-0.1, -0.05) is 29.8 Å². The lowest BCUT2D eigenvalue weighted by molar-refractivity contribution is 0.0625. The Morgan fingerprint density at radius 1 is 1.40 bits per heavy atom. The van der Waals surface area contributed by atoms with E-state index in [4.69, 9.17) is 4.74 Å². The Balaban J connectivity index is 2.20. The number of ether oxygens (including phenoxy) is 1. The lowest BCUT2D eigenvalue weighted by Gasteiger charge is -2.31. The Hall–Kier alpha value is -0.860. The highest BCUT2D eigenvalue weighted by Crippen LogP contribution is 2.27. The third kappa shape index (κ3) is 2.39. The van der Waals surface area contributed by atoms with Crippen molar-refractivity contribution in [1.29, 1.82) is 0 Å². The molecule has 15 heavy (non-hydrogen) atoms. The van der Waals surface area contributed by atoms with Crippen LogP contribution in [0.4, 0.5) is 0 Å². The summed E-state index contributed by atoms with van der Waals surface area (Å²) in [6.45, 7) is 4.21. The number of aryl methyl sites for hydroxylation is 1. The monoisotopic (exact) mass is 205 g/mol. The van der Waals surface area contributed by atoms with Gasteiger partial charge in [0.05, 0.1) is 6.10 Å². The lowest BCUT2D eigenvalue weighted by Crippen LogP contribution is -2.40. The number of rotatable bonds is 2. The standard InChI is InChI=1S/C13H19NO/c1-10-4-3-5-11(8-10)12-6-7-14-9-13(12)15-2/h3-5,8,12-14H,6-7,9H2,1-2H3/t12-,13+/m1/s1. The van der Waals surface area contributed by atoms with Gasteiger partial charge in [-0.15, -0.1) is 0 Å². The van der Waals surface area contributed by atoms with E-state index in [1.807, 2.05) is 0 Å². The maximum atomic E-state index is 5.54. The van der Waals surface area contributed by atoms with E-state index in [-0.39, 0.29) is 0 Å². The molecule has 0 saturated carbocycles. The van der Waals surface area contributed by atoms with Gasteiger partial charge in [0.25, 0.3) is 0 Å². The van der Waals surface area contributed by atoms with Gasteiger partial charge in [0.1, 0.15) is 0 Å². The molecular formula is C13H19NO. The zero-order valence-electron chi connectivity index (χ0n) is 9.49. The van der Waals surface area contributed by atoms with Crippen LogP contribution in [0.1, 0.15) is 23.5 Å². The second-order valence-corrected chi connectivity index (χ2v) is 4.29. The van der Waals surface area contributed by atoms with Crippen molar-refractivity contribution in [2.75, 3.05) is 20.2 Å². The Labute approximate surface area is 91.6 Å². The van der Waals surface area contributed by atoms with Crippen LogP contribution in [-0.2, 0) is 4.74 Å². The van der Waals surface area contributed by atoms with Crippen LogP contribution in [0.25, 0.3) is 0 Å². The van der Waals surface area contributed by atoms with Crippen molar-refractivity contribution in [2.24, 2.45) is 0 Å². The fraction of sp³-hybridized carbons (Fsp3) is 0.538. The van der Waals surface area contributed by atoms with Gasteiger partial charge in [-0.25, -0.2) is 0 Å². The molecule has 0 radical (unpaired) electrons. The summed E-state index contributed by atoms with van der Waals surface area (Å²) in [5.41, 5.74) is 2.75. The van der Waals surface area contributed by atoms with E-state index >= 15 is 0 Å². The second-order valence-electron chi connectivity index (χ2n) is 4.29. The summed E-state index contributed by atoms with van der Waals surface area (Å²) in [4.78, 5) is 0. The van der Waals surface area contributed by atoms with Gasteiger partial charge in [0.15, 0.2) is 0 Å². The molecule has 0 unspecified atom stereocenters. The molecule has 1 aliphatic rings. The highest BCUT2D eigenvalue weighted by atomic mass is 16.5. The van der Waals surface area contributed by atoms with Crippen molar-refractivity contribution < 1.29 is 4.74 Å². The van der Waals surface area contributed by atoms with E-state index in [1.54, 1.807) is 7.11 Å². The lowest BCUT2D eigenvalue weighted by atomic mass is 9.87. The second kappa shape index (κ2) is 4.77. The average Bonchev–Trinajstić information content (AvgIpc) is 2.29. The van der Waals surface area contributed by atoms with Crippen LogP contribution in [0.3, 0.4) is 0 Å². The molecule has 1 fully saturated rings. The largest absolute Gasteiger partial charge is 0.379 e. The Bertz CT molecular complexity index is 324. The summed E-state index contributed by atoms with van der Waals surface area (Å²) in [5, 5.41) is 3.38. The fourth-order valence-electron chi connectivity index (χ4n) is 2.36. The summed E-state index contributed by atoms with van der Waals surface area (Å²) in [6.07, 6.45) is 1.49. The van der Waals surface area contributed by atoms with Gasteiger partial charge in [0, 0.05) is 19.6 Å². The summed E-state index contributed by atoms with van der Waals surface area (Å²) in [6, 6.07) is 8.78. The van der Waals surface area contributed by atoms with Gasteiger partial charge in [-0.2, -0.15) is 0 Å². The summed E-state index contributed by atoms with van der Waals surface area (Å²) >= 11 is 0. The molecule has 1 N–H and O–H groups in total. The predicted octanol–water partition coefficient (Wildman–Crippen LogP) is 2.09. The van der Waals surface area contributed by atoms with E-state index < -0.39 is 0 Å². The highest BCUT2D eigenvalue weighted by molar-refractivity contribution is 5.27. The summed E-state index contributed by atoms with van der Waals surface area (Å²) < 4.78 is 5.54. The molecule has 1 aromatic carbocycles. The van der Waals surface area contributed by atoms with Crippen LogP contribution in [0.2, 0.25) is 0 Å². The van der Waals surface area contributed by atoms with E-state index in [1.165, 1.54) is 17.5 Å². The topological polar surface area (TPSA) is 21.3 Å². The fourth-order valence-corrected chi connectivity index (χ4v) is 2.36. The van der Waals surface area contributed by atoms with E-state index in [0.717, 1.165) is 13.1 Å². The normalized spacial score (nSPS) is 26.5. The maximum absolute atomic E-state index is 5.54. The first-order valence-electron chi connectivity index (χ1n) is 5.61. The first-order valence-corrected chi connectivity index (χ1v) is 5.61. The van der Waals surface area contributed by atoms with Crippen molar-refractivity contribution in [3.8, 4) is 0 Å². The average molecular weight is 205 g/mol. The minimum Gasteiger partial charge on any atom is -0.379 e. The molecule has 0 spiro atoms. The molecule has 1 saturated heterocycles. The van der Waals surface area contributed by atoms with Gasteiger partial charge >= 0.3 is 0 Å². The van der Waals surface area contributed by atoms with Crippen LogP contribution >= 0.6 is 0 Å². The van der Waals surface area contributed by atoms with Gasteiger partial charge in [-0.05, 0) is 25.5 Å². The molecule has 2 heteroatoms. The van der Waals surface area contributed by atoms with Crippen LogP contribution in [0.5, 0.6) is 0 Å². The van der Waals surface area contributed by atoms with Crippen molar-refractivity contribution in [1.82, 2.24) is 5.32 Å². The predicted molar refractivity (Wildman–Crippen MR) is 62.2 cm³/mol. The molecule has 1 aliphatic heterocycles. The third-order valence-corrected chi connectivity index (χ3v) is 3.20. The molecule has 0 aliphatic carbocycles. The SMILES string of the molecule is CO[C@H]1CNCC[C@@H]1c1cccc(C)c1. The van der Waals surface area contributed by atoms with E-state index in [9.17, 15) is 0 Å². The van der Waals surface area contributed by atoms with Crippen LogP contribution in [0.15, 0.2) is 24.3 Å². The summed E-state index contributed by atoms with van der Waals surface area (Å²) in [5.74, 6) is 0.552. The van der Waals surface area contributed by atoms with Gasteiger partial charge in [0.2, 0.25) is 0 Å². The Morgan fingerprint density at radius 2 is 2.27 bits per heavy atom. The van der Waals surface area contributed by atoms with Crippen molar-refractivity contribution in [3.63, 3.8) is 0 Å². The molecule has 0 amide bonds.